The SMILES string of the molecule is CCOc1ccc(C2=NN3[C@H](CC(C)C)Oc4ccccc4[C@@H]3C2)cc1. The van der Waals surface area contributed by atoms with Crippen molar-refractivity contribution < 1.29 is 9.47 Å². The van der Waals surface area contributed by atoms with Crippen molar-refractivity contribution in [1.29, 1.82) is 0 Å². The molecule has 4 nitrogen and oxygen atoms in total. The highest BCUT2D eigenvalue weighted by Crippen LogP contribution is 2.44. The Morgan fingerprint density at radius 1 is 1.15 bits per heavy atom. The van der Waals surface area contributed by atoms with Gasteiger partial charge in [-0.1, -0.05) is 32.0 Å². The van der Waals surface area contributed by atoms with Gasteiger partial charge in [-0.25, -0.2) is 0 Å². The molecular weight excluding hydrogens is 324 g/mol. The largest absolute Gasteiger partial charge is 0.494 e. The van der Waals surface area contributed by atoms with E-state index in [9.17, 15) is 0 Å². The predicted molar refractivity (Wildman–Crippen MR) is 104 cm³/mol. The van der Waals surface area contributed by atoms with Crippen LogP contribution in [0.2, 0.25) is 0 Å². The monoisotopic (exact) mass is 350 g/mol. The first-order valence-corrected chi connectivity index (χ1v) is 9.50. The van der Waals surface area contributed by atoms with Gasteiger partial charge < -0.3 is 9.47 Å². The molecule has 0 bridgehead atoms. The highest BCUT2D eigenvalue weighted by Gasteiger charge is 2.40. The maximum Gasteiger partial charge on any atom is 0.188 e. The first kappa shape index (κ1) is 17.0. The second-order valence-corrected chi connectivity index (χ2v) is 7.34. The quantitative estimate of drug-likeness (QED) is 0.761. The minimum Gasteiger partial charge on any atom is -0.494 e. The number of nitrogens with zero attached hydrogens (tertiary/aromatic N) is 2. The van der Waals surface area contributed by atoms with E-state index in [1.54, 1.807) is 0 Å². The van der Waals surface area contributed by atoms with Gasteiger partial charge in [0.2, 0.25) is 0 Å². The Labute approximate surface area is 155 Å². The number of para-hydroxylation sites is 1. The topological polar surface area (TPSA) is 34.1 Å². The molecule has 4 heteroatoms. The molecule has 0 spiro atoms. The van der Waals surface area contributed by atoms with Gasteiger partial charge in [-0.3, -0.25) is 5.01 Å². The molecule has 2 aliphatic rings. The van der Waals surface area contributed by atoms with Crippen LogP contribution < -0.4 is 9.47 Å². The molecule has 0 aromatic heterocycles. The highest BCUT2D eigenvalue weighted by atomic mass is 16.5. The highest BCUT2D eigenvalue weighted by molar-refractivity contribution is 6.02. The van der Waals surface area contributed by atoms with Crippen LogP contribution in [0.15, 0.2) is 53.6 Å². The lowest BCUT2D eigenvalue weighted by Gasteiger charge is -2.38. The maximum atomic E-state index is 6.29. The fraction of sp³-hybridized carbons (Fsp3) is 0.409. The van der Waals surface area contributed by atoms with Crippen molar-refractivity contribution in [2.75, 3.05) is 6.61 Å². The maximum absolute atomic E-state index is 6.29. The Hall–Kier alpha value is -2.49. The average Bonchev–Trinajstić information content (AvgIpc) is 3.08. The lowest BCUT2D eigenvalue weighted by atomic mass is 9.95. The summed E-state index contributed by atoms with van der Waals surface area (Å²) in [5, 5.41) is 7.15. The van der Waals surface area contributed by atoms with Crippen LogP contribution in [0.5, 0.6) is 11.5 Å². The summed E-state index contributed by atoms with van der Waals surface area (Å²) in [6.45, 7) is 7.14. The molecule has 0 N–H and O–H groups in total. The molecule has 0 radical (unpaired) electrons. The number of benzene rings is 2. The van der Waals surface area contributed by atoms with Gasteiger partial charge in [0.25, 0.3) is 0 Å². The second kappa shape index (κ2) is 7.02. The molecule has 0 amide bonds. The molecule has 26 heavy (non-hydrogen) atoms. The first-order valence-electron chi connectivity index (χ1n) is 9.50. The Morgan fingerprint density at radius 2 is 1.92 bits per heavy atom. The standard InChI is InChI=1S/C22H26N2O2/c1-4-25-17-11-9-16(10-12-17)19-14-20-18-7-5-6-8-21(18)26-22(13-15(2)3)24(20)23-19/h5-12,15,20,22H,4,13-14H2,1-3H3/t20-,22-/m0/s1. The van der Waals surface area contributed by atoms with Gasteiger partial charge in [0.15, 0.2) is 6.23 Å². The van der Waals surface area contributed by atoms with E-state index in [0.717, 1.165) is 35.6 Å². The van der Waals surface area contributed by atoms with Crippen molar-refractivity contribution in [3.8, 4) is 11.5 Å². The van der Waals surface area contributed by atoms with E-state index in [4.69, 9.17) is 14.6 Å². The van der Waals surface area contributed by atoms with Gasteiger partial charge in [0, 0.05) is 18.4 Å². The summed E-state index contributed by atoms with van der Waals surface area (Å²) in [7, 11) is 0. The third kappa shape index (κ3) is 3.16. The Kier molecular flexibility index (Phi) is 4.58. The molecule has 2 aliphatic heterocycles. The number of ether oxygens (including phenoxy) is 2. The van der Waals surface area contributed by atoms with E-state index in [1.165, 1.54) is 5.56 Å². The zero-order valence-electron chi connectivity index (χ0n) is 15.7. The smallest absolute Gasteiger partial charge is 0.188 e. The van der Waals surface area contributed by atoms with Gasteiger partial charge in [-0.05, 0) is 48.7 Å². The lowest BCUT2D eigenvalue weighted by Crippen LogP contribution is -2.41. The zero-order valence-corrected chi connectivity index (χ0v) is 15.7. The molecule has 2 atom stereocenters. The minimum atomic E-state index is -0.00454. The van der Waals surface area contributed by atoms with Crippen LogP contribution >= 0.6 is 0 Å². The summed E-state index contributed by atoms with van der Waals surface area (Å²) >= 11 is 0. The molecular formula is C22H26N2O2. The van der Waals surface area contributed by atoms with Gasteiger partial charge in [-0.15, -0.1) is 0 Å². The first-order chi connectivity index (χ1) is 12.7. The van der Waals surface area contributed by atoms with Gasteiger partial charge in [-0.2, -0.15) is 5.10 Å². The molecule has 0 aliphatic carbocycles. The zero-order chi connectivity index (χ0) is 18.1. The van der Waals surface area contributed by atoms with Crippen molar-refractivity contribution in [3.05, 3.63) is 59.7 Å². The van der Waals surface area contributed by atoms with E-state index in [-0.39, 0.29) is 12.3 Å². The average molecular weight is 350 g/mol. The predicted octanol–water partition coefficient (Wildman–Crippen LogP) is 5.00. The molecule has 2 aromatic rings. The summed E-state index contributed by atoms with van der Waals surface area (Å²) in [5.41, 5.74) is 3.51. The number of hydrogen-bond donors (Lipinski definition) is 0. The fourth-order valence-corrected chi connectivity index (χ4v) is 3.75. The van der Waals surface area contributed by atoms with Crippen LogP contribution in [0, 0.1) is 5.92 Å². The van der Waals surface area contributed by atoms with Crippen molar-refractivity contribution in [1.82, 2.24) is 5.01 Å². The van der Waals surface area contributed by atoms with Crippen LogP contribution in [0.25, 0.3) is 0 Å². The van der Waals surface area contributed by atoms with E-state index < -0.39 is 0 Å². The third-order valence-corrected chi connectivity index (χ3v) is 4.95. The number of hydrogen-bond acceptors (Lipinski definition) is 4. The van der Waals surface area contributed by atoms with Crippen molar-refractivity contribution in [2.45, 2.75) is 45.9 Å². The van der Waals surface area contributed by atoms with E-state index in [0.29, 0.717) is 12.5 Å². The lowest BCUT2D eigenvalue weighted by molar-refractivity contribution is -0.0291. The van der Waals surface area contributed by atoms with E-state index >= 15 is 0 Å². The van der Waals surface area contributed by atoms with Gasteiger partial charge >= 0.3 is 0 Å². The normalized spacial score (nSPS) is 21.1. The molecule has 2 aromatic carbocycles. The Balaban J connectivity index is 1.64. The molecule has 4 rings (SSSR count). The fourth-order valence-electron chi connectivity index (χ4n) is 3.75. The number of hydrazone groups is 1. The Bertz CT molecular complexity index is 798. The molecule has 136 valence electrons. The van der Waals surface area contributed by atoms with Crippen molar-refractivity contribution in [3.63, 3.8) is 0 Å². The van der Waals surface area contributed by atoms with Crippen LogP contribution in [0.3, 0.4) is 0 Å². The van der Waals surface area contributed by atoms with Crippen LogP contribution in [0.1, 0.15) is 50.8 Å². The molecule has 0 fully saturated rings. The van der Waals surface area contributed by atoms with Crippen LogP contribution in [-0.2, 0) is 0 Å². The molecule has 0 unspecified atom stereocenters. The van der Waals surface area contributed by atoms with Gasteiger partial charge in [0.05, 0.1) is 18.4 Å². The molecule has 2 heterocycles. The van der Waals surface area contributed by atoms with Crippen molar-refractivity contribution in [2.24, 2.45) is 11.0 Å². The third-order valence-electron chi connectivity index (χ3n) is 4.95. The molecule has 0 saturated heterocycles. The number of rotatable bonds is 5. The van der Waals surface area contributed by atoms with E-state index in [1.807, 2.05) is 25.1 Å². The second-order valence-electron chi connectivity index (χ2n) is 7.34. The van der Waals surface area contributed by atoms with E-state index in [2.05, 4.69) is 49.2 Å². The minimum absolute atomic E-state index is 0.00454. The van der Waals surface area contributed by atoms with Crippen LogP contribution in [-0.4, -0.2) is 23.6 Å². The molecule has 0 saturated carbocycles. The van der Waals surface area contributed by atoms with Gasteiger partial charge in [0.1, 0.15) is 11.5 Å². The summed E-state index contributed by atoms with van der Waals surface area (Å²) in [6, 6.07) is 16.9. The summed E-state index contributed by atoms with van der Waals surface area (Å²) in [5.74, 6) is 2.46. The van der Waals surface area contributed by atoms with Crippen LogP contribution in [0.4, 0.5) is 0 Å². The summed E-state index contributed by atoms with van der Waals surface area (Å²) < 4.78 is 11.8. The number of fused-ring (bicyclic) bond motifs is 3. The van der Waals surface area contributed by atoms with Crippen molar-refractivity contribution >= 4 is 5.71 Å². The summed E-state index contributed by atoms with van der Waals surface area (Å²) in [4.78, 5) is 0. The summed E-state index contributed by atoms with van der Waals surface area (Å²) in [6.07, 6.45) is 1.86. The Morgan fingerprint density at radius 3 is 2.65 bits per heavy atom.